The number of hydrogen-bond donors (Lipinski definition) is 3. The zero-order valence-electron chi connectivity index (χ0n) is 10.5. The summed E-state index contributed by atoms with van der Waals surface area (Å²) in [5.41, 5.74) is 11.8. The summed E-state index contributed by atoms with van der Waals surface area (Å²) in [4.78, 5) is 0. The molecule has 2 rings (SSSR count). The number of anilines is 2. The molecule has 2 aromatic rings. The number of aryl methyl sites for hydroxylation is 2. The Balaban J connectivity index is 0.000000191. The third kappa shape index (κ3) is 3.74. The smallest absolute Gasteiger partial charge is 0.146 e. The monoisotopic (exact) mass is 262 g/mol. The number of nitriles is 1. The molecule has 0 radical (unpaired) electrons. The Kier molecular flexibility index (Phi) is 4.48. The minimum absolute atomic E-state index is 0.383. The number of oxime groups is 1. The maximum absolute atomic E-state index is 8.37. The Hall–Kier alpha value is -3.02. The molecular weight excluding hydrogens is 248 g/mol. The number of nitrogens with zero attached hydrogens (tertiary/aromatic N) is 6. The largest absolute Gasteiger partial charge is 0.411 e. The molecular formula is C10H14N8O. The van der Waals surface area contributed by atoms with Crippen LogP contribution in [0.1, 0.15) is 11.4 Å². The SMILES string of the molecule is Cn1nc(N)cc1C#N.Cn1nc(N)cc1C=NO. The second-order valence-electron chi connectivity index (χ2n) is 3.55. The van der Waals surface area contributed by atoms with E-state index >= 15 is 0 Å². The van der Waals surface area contributed by atoms with Gasteiger partial charge in [0.25, 0.3) is 0 Å². The summed E-state index contributed by atoms with van der Waals surface area (Å²) in [5.74, 6) is 0.798. The molecule has 0 aromatic carbocycles. The summed E-state index contributed by atoms with van der Waals surface area (Å²) < 4.78 is 2.96. The molecule has 100 valence electrons. The Morgan fingerprint density at radius 2 is 1.84 bits per heavy atom. The van der Waals surface area contributed by atoms with Gasteiger partial charge in [-0.3, -0.25) is 9.36 Å². The standard InChI is InChI=1S/C5H8N4O.C5H6N4/c1-9-4(3-7-10)2-5(6)8-9;1-9-4(3-6)2-5(7)8-9/h2-3,10H,1H3,(H2,6,8);2H,1H3,(H2,7,8). The van der Waals surface area contributed by atoms with E-state index in [0.717, 1.165) is 0 Å². The number of hydrogen-bond acceptors (Lipinski definition) is 7. The fourth-order valence-corrected chi connectivity index (χ4v) is 1.28. The lowest BCUT2D eigenvalue weighted by Gasteiger charge is -1.88. The second kappa shape index (κ2) is 6.06. The quantitative estimate of drug-likeness (QED) is 0.365. The molecule has 0 saturated heterocycles. The molecule has 0 spiro atoms. The molecule has 0 aliphatic heterocycles. The van der Waals surface area contributed by atoms with Gasteiger partial charge in [-0.25, -0.2) is 0 Å². The van der Waals surface area contributed by atoms with Crippen LogP contribution < -0.4 is 11.5 Å². The van der Waals surface area contributed by atoms with E-state index in [1.54, 1.807) is 20.2 Å². The Morgan fingerprint density at radius 1 is 1.26 bits per heavy atom. The molecule has 9 heteroatoms. The van der Waals surface area contributed by atoms with E-state index in [-0.39, 0.29) is 0 Å². The number of nitrogens with two attached hydrogens (primary N) is 2. The normalized spacial score (nSPS) is 9.95. The van der Waals surface area contributed by atoms with Gasteiger partial charge in [-0.1, -0.05) is 5.16 Å². The minimum Gasteiger partial charge on any atom is -0.411 e. The van der Waals surface area contributed by atoms with Gasteiger partial charge in [0.2, 0.25) is 0 Å². The maximum Gasteiger partial charge on any atom is 0.146 e. The van der Waals surface area contributed by atoms with Crippen molar-refractivity contribution in [1.29, 1.82) is 5.26 Å². The van der Waals surface area contributed by atoms with Crippen molar-refractivity contribution in [3.8, 4) is 6.07 Å². The highest BCUT2D eigenvalue weighted by Gasteiger charge is 1.98. The molecule has 9 nitrogen and oxygen atoms in total. The van der Waals surface area contributed by atoms with E-state index in [1.165, 1.54) is 21.6 Å². The lowest BCUT2D eigenvalue weighted by molar-refractivity contribution is 0.321. The van der Waals surface area contributed by atoms with Crippen LogP contribution >= 0.6 is 0 Å². The first-order chi connectivity index (χ1) is 8.97. The summed E-state index contributed by atoms with van der Waals surface area (Å²) in [6.45, 7) is 0. The van der Waals surface area contributed by atoms with Crippen LogP contribution in [0.25, 0.3) is 0 Å². The van der Waals surface area contributed by atoms with Crippen molar-refractivity contribution in [2.75, 3.05) is 11.5 Å². The fraction of sp³-hybridized carbons (Fsp3) is 0.200. The van der Waals surface area contributed by atoms with E-state index in [2.05, 4.69) is 15.4 Å². The molecule has 2 aromatic heterocycles. The van der Waals surface area contributed by atoms with Crippen LogP contribution in [-0.4, -0.2) is 31.0 Å². The molecule has 0 bridgehead atoms. The number of aromatic nitrogens is 4. The molecule has 0 aliphatic carbocycles. The molecule has 0 fully saturated rings. The minimum atomic E-state index is 0.383. The lowest BCUT2D eigenvalue weighted by atomic mass is 10.4. The van der Waals surface area contributed by atoms with Crippen LogP contribution in [0.4, 0.5) is 11.6 Å². The van der Waals surface area contributed by atoms with Crippen LogP contribution in [0.2, 0.25) is 0 Å². The molecule has 5 N–H and O–H groups in total. The highest BCUT2D eigenvalue weighted by atomic mass is 16.4. The predicted molar refractivity (Wildman–Crippen MR) is 69.3 cm³/mol. The summed E-state index contributed by atoms with van der Waals surface area (Å²) >= 11 is 0. The predicted octanol–water partition coefficient (Wildman–Crippen LogP) is -0.316. The highest BCUT2D eigenvalue weighted by Crippen LogP contribution is 2.01. The van der Waals surface area contributed by atoms with Crippen molar-refractivity contribution >= 4 is 17.9 Å². The summed E-state index contributed by atoms with van der Waals surface area (Å²) in [6.07, 6.45) is 1.27. The first-order valence-corrected chi connectivity index (χ1v) is 5.14. The van der Waals surface area contributed by atoms with Crippen LogP contribution in [0.15, 0.2) is 17.3 Å². The van der Waals surface area contributed by atoms with Gasteiger partial charge in [0.15, 0.2) is 0 Å². The third-order valence-electron chi connectivity index (χ3n) is 2.14. The van der Waals surface area contributed by atoms with Gasteiger partial charge in [-0.15, -0.1) is 0 Å². The van der Waals surface area contributed by atoms with Gasteiger partial charge >= 0.3 is 0 Å². The fourth-order valence-electron chi connectivity index (χ4n) is 1.28. The average Bonchev–Trinajstić information content (AvgIpc) is 2.83. The van der Waals surface area contributed by atoms with Crippen LogP contribution in [-0.2, 0) is 14.1 Å². The second-order valence-corrected chi connectivity index (χ2v) is 3.55. The summed E-state index contributed by atoms with van der Waals surface area (Å²) in [6, 6.07) is 5.08. The highest BCUT2D eigenvalue weighted by molar-refractivity contribution is 5.77. The van der Waals surface area contributed by atoms with Crippen molar-refractivity contribution in [1.82, 2.24) is 19.6 Å². The van der Waals surface area contributed by atoms with E-state index in [0.29, 0.717) is 23.0 Å². The number of nitrogen functional groups attached to an aromatic ring is 2. The van der Waals surface area contributed by atoms with Gasteiger partial charge in [0, 0.05) is 26.2 Å². The molecule has 2 heterocycles. The molecule has 0 saturated carbocycles. The van der Waals surface area contributed by atoms with Gasteiger partial charge in [0.1, 0.15) is 23.4 Å². The van der Waals surface area contributed by atoms with Gasteiger partial charge < -0.3 is 16.7 Å². The van der Waals surface area contributed by atoms with E-state index in [1.807, 2.05) is 6.07 Å². The van der Waals surface area contributed by atoms with Crippen LogP contribution in [0, 0.1) is 11.3 Å². The van der Waals surface area contributed by atoms with Crippen LogP contribution in [0.5, 0.6) is 0 Å². The van der Waals surface area contributed by atoms with Crippen molar-refractivity contribution in [2.45, 2.75) is 0 Å². The molecule has 0 aliphatic rings. The van der Waals surface area contributed by atoms with Gasteiger partial charge in [-0.05, 0) is 0 Å². The zero-order chi connectivity index (χ0) is 14.4. The van der Waals surface area contributed by atoms with E-state index in [4.69, 9.17) is 21.9 Å². The zero-order valence-corrected chi connectivity index (χ0v) is 10.5. The summed E-state index contributed by atoms with van der Waals surface area (Å²) in [7, 11) is 3.39. The molecule has 19 heavy (non-hydrogen) atoms. The Labute approximate surface area is 109 Å². The van der Waals surface area contributed by atoms with Crippen molar-refractivity contribution in [3.63, 3.8) is 0 Å². The Morgan fingerprint density at radius 3 is 2.16 bits per heavy atom. The first-order valence-electron chi connectivity index (χ1n) is 5.14. The first kappa shape index (κ1) is 14.0. The topological polar surface area (TPSA) is 144 Å². The molecule has 0 amide bonds. The lowest BCUT2D eigenvalue weighted by Crippen LogP contribution is -1.96. The van der Waals surface area contributed by atoms with E-state index < -0.39 is 0 Å². The van der Waals surface area contributed by atoms with Crippen molar-refractivity contribution in [2.24, 2.45) is 19.3 Å². The molecule has 0 unspecified atom stereocenters. The van der Waals surface area contributed by atoms with E-state index in [9.17, 15) is 0 Å². The average molecular weight is 262 g/mol. The van der Waals surface area contributed by atoms with Crippen molar-refractivity contribution in [3.05, 3.63) is 23.5 Å². The van der Waals surface area contributed by atoms with Crippen molar-refractivity contribution < 1.29 is 5.21 Å². The Bertz CT molecular complexity index is 618. The molecule has 0 atom stereocenters. The maximum atomic E-state index is 8.37. The van der Waals surface area contributed by atoms with Gasteiger partial charge in [-0.2, -0.15) is 15.5 Å². The van der Waals surface area contributed by atoms with Crippen LogP contribution in [0.3, 0.4) is 0 Å². The third-order valence-corrected chi connectivity index (χ3v) is 2.14. The summed E-state index contributed by atoms with van der Waals surface area (Å²) in [5, 5.41) is 26.9. The van der Waals surface area contributed by atoms with Gasteiger partial charge in [0.05, 0.1) is 11.9 Å². The number of rotatable bonds is 1.